The SMILES string of the molecule is CC(=O)/C=C/[C@H](CC1CCNC1=O)NC(=O)[C@H](CC(C)C)NC(=O)[C@H](CNC(=O)C(C)(C)C)NC(=O)OCc1ccccc1. The van der Waals surface area contributed by atoms with Crippen LogP contribution < -0.4 is 26.6 Å². The maximum absolute atomic E-state index is 13.5. The van der Waals surface area contributed by atoms with E-state index in [1.807, 2.05) is 19.9 Å². The van der Waals surface area contributed by atoms with Crippen molar-refractivity contribution in [2.75, 3.05) is 13.1 Å². The second-order valence-corrected chi connectivity index (χ2v) is 12.5. The number of hydrogen-bond acceptors (Lipinski definition) is 7. The zero-order valence-electron chi connectivity index (χ0n) is 26.5. The fraction of sp³-hybridized carbons (Fsp3) is 0.562. The number of rotatable bonds is 15. The van der Waals surface area contributed by atoms with E-state index in [2.05, 4.69) is 26.6 Å². The Labute approximate surface area is 259 Å². The summed E-state index contributed by atoms with van der Waals surface area (Å²) in [6.07, 6.45) is 3.19. The maximum atomic E-state index is 13.5. The molecule has 0 saturated carbocycles. The third-order valence-electron chi connectivity index (χ3n) is 6.90. The van der Waals surface area contributed by atoms with Gasteiger partial charge in [-0.15, -0.1) is 0 Å². The molecule has 1 aromatic carbocycles. The Morgan fingerprint density at radius 1 is 1.00 bits per heavy atom. The van der Waals surface area contributed by atoms with Gasteiger partial charge in [0, 0.05) is 30.5 Å². The molecule has 1 aromatic rings. The van der Waals surface area contributed by atoms with Crippen LogP contribution in [0.3, 0.4) is 0 Å². The Kier molecular flexibility index (Phi) is 14.0. The van der Waals surface area contributed by atoms with E-state index in [1.165, 1.54) is 13.0 Å². The molecule has 0 aliphatic carbocycles. The molecule has 12 heteroatoms. The van der Waals surface area contributed by atoms with Crippen molar-refractivity contribution in [1.29, 1.82) is 0 Å². The van der Waals surface area contributed by atoms with Crippen molar-refractivity contribution in [1.82, 2.24) is 26.6 Å². The molecule has 0 spiro atoms. The lowest BCUT2D eigenvalue weighted by Crippen LogP contribution is -2.58. The predicted molar refractivity (Wildman–Crippen MR) is 165 cm³/mol. The first-order valence-corrected chi connectivity index (χ1v) is 15.0. The topological polar surface area (TPSA) is 172 Å². The van der Waals surface area contributed by atoms with E-state index in [4.69, 9.17) is 4.74 Å². The molecule has 1 aliphatic heterocycles. The van der Waals surface area contributed by atoms with Crippen LogP contribution in [0.1, 0.15) is 66.4 Å². The highest BCUT2D eigenvalue weighted by atomic mass is 16.5. The van der Waals surface area contributed by atoms with Crippen LogP contribution in [0.5, 0.6) is 0 Å². The molecule has 5 N–H and O–H groups in total. The number of allylic oxidation sites excluding steroid dienone is 1. The summed E-state index contributed by atoms with van der Waals surface area (Å²) in [4.78, 5) is 76.0. The molecule has 242 valence electrons. The van der Waals surface area contributed by atoms with E-state index < -0.39 is 41.4 Å². The monoisotopic (exact) mass is 613 g/mol. The van der Waals surface area contributed by atoms with Crippen LogP contribution in [-0.2, 0) is 35.3 Å². The van der Waals surface area contributed by atoms with Gasteiger partial charge in [0.25, 0.3) is 0 Å². The van der Waals surface area contributed by atoms with E-state index >= 15 is 0 Å². The number of benzene rings is 1. The minimum absolute atomic E-state index is 0.000659. The predicted octanol–water partition coefficient (Wildman–Crippen LogP) is 2.13. The quantitative estimate of drug-likeness (QED) is 0.189. The molecular formula is C32H47N5O7. The smallest absolute Gasteiger partial charge is 0.408 e. The van der Waals surface area contributed by atoms with Gasteiger partial charge in [0.05, 0.1) is 0 Å². The number of alkyl carbamates (subject to hydrolysis) is 1. The van der Waals surface area contributed by atoms with Crippen LogP contribution in [0, 0.1) is 17.3 Å². The molecule has 1 unspecified atom stereocenters. The number of hydrogen-bond donors (Lipinski definition) is 5. The second-order valence-electron chi connectivity index (χ2n) is 12.5. The van der Waals surface area contributed by atoms with Gasteiger partial charge in [0.2, 0.25) is 23.6 Å². The summed E-state index contributed by atoms with van der Waals surface area (Å²) in [6, 6.07) is 6.13. The molecule has 1 heterocycles. The Balaban J connectivity index is 2.19. The Morgan fingerprint density at radius 3 is 2.23 bits per heavy atom. The highest BCUT2D eigenvalue weighted by molar-refractivity contribution is 5.92. The highest BCUT2D eigenvalue weighted by Gasteiger charge is 2.32. The minimum Gasteiger partial charge on any atom is -0.445 e. The van der Waals surface area contributed by atoms with Gasteiger partial charge in [-0.05, 0) is 43.7 Å². The van der Waals surface area contributed by atoms with Crippen LogP contribution in [0.25, 0.3) is 0 Å². The van der Waals surface area contributed by atoms with Crippen molar-refractivity contribution in [3.63, 3.8) is 0 Å². The molecule has 4 atom stereocenters. The van der Waals surface area contributed by atoms with E-state index in [-0.39, 0.29) is 49.0 Å². The third kappa shape index (κ3) is 13.0. The first-order chi connectivity index (χ1) is 20.6. The molecule has 1 saturated heterocycles. The van der Waals surface area contributed by atoms with Crippen molar-refractivity contribution >= 4 is 35.5 Å². The zero-order valence-corrected chi connectivity index (χ0v) is 26.5. The molecule has 44 heavy (non-hydrogen) atoms. The molecule has 12 nitrogen and oxygen atoms in total. The van der Waals surface area contributed by atoms with Gasteiger partial charge in [0.15, 0.2) is 5.78 Å². The number of carbonyl (C=O) groups is 6. The first-order valence-electron chi connectivity index (χ1n) is 15.0. The van der Waals surface area contributed by atoms with E-state index in [1.54, 1.807) is 51.1 Å². The van der Waals surface area contributed by atoms with Crippen molar-refractivity contribution in [3.05, 3.63) is 48.0 Å². The lowest BCUT2D eigenvalue weighted by Gasteiger charge is -2.27. The molecule has 5 amide bonds. The van der Waals surface area contributed by atoms with Crippen LogP contribution in [0.2, 0.25) is 0 Å². The lowest BCUT2D eigenvalue weighted by atomic mass is 9.95. The van der Waals surface area contributed by atoms with Crippen molar-refractivity contribution in [2.45, 2.75) is 85.5 Å². The summed E-state index contributed by atoms with van der Waals surface area (Å²) in [5.74, 6) is -2.18. The van der Waals surface area contributed by atoms with Crippen LogP contribution in [0.15, 0.2) is 42.5 Å². The Bertz CT molecular complexity index is 1190. The minimum atomic E-state index is -1.25. The molecule has 0 bridgehead atoms. The Hall–Kier alpha value is -4.22. The molecule has 0 radical (unpaired) electrons. The lowest BCUT2D eigenvalue weighted by molar-refractivity contribution is -0.131. The zero-order chi connectivity index (χ0) is 32.9. The standard InChI is InChI=1S/C32H47N5O7/c1-20(2)16-25(28(40)35-24(13-12-21(3)38)17-23-14-15-33-27(23)39)36-29(41)26(18-34-30(42)32(4,5)6)37-31(43)44-19-22-10-8-7-9-11-22/h7-13,20,23-26H,14-19H2,1-6H3,(H,33,39)(H,34,42)(H,35,40)(H,36,41)(H,37,43)/b13-12+/t23?,24-,25+,26+/m1/s1. The van der Waals surface area contributed by atoms with Crippen LogP contribution >= 0.6 is 0 Å². The normalized spacial score (nSPS) is 16.9. The van der Waals surface area contributed by atoms with Crippen molar-refractivity contribution < 1.29 is 33.5 Å². The average Bonchev–Trinajstić information content (AvgIpc) is 3.35. The Morgan fingerprint density at radius 2 is 1.66 bits per heavy atom. The molecule has 1 aliphatic rings. The number of ketones is 1. The van der Waals surface area contributed by atoms with Crippen LogP contribution in [0.4, 0.5) is 4.79 Å². The summed E-state index contributed by atoms with van der Waals surface area (Å²) < 4.78 is 5.28. The van der Waals surface area contributed by atoms with Gasteiger partial charge in [-0.25, -0.2) is 4.79 Å². The fourth-order valence-corrected chi connectivity index (χ4v) is 4.45. The van der Waals surface area contributed by atoms with Gasteiger partial charge in [-0.3, -0.25) is 24.0 Å². The summed E-state index contributed by atoms with van der Waals surface area (Å²) in [7, 11) is 0. The molecule has 2 rings (SSSR count). The van der Waals surface area contributed by atoms with Crippen molar-refractivity contribution in [3.8, 4) is 0 Å². The first kappa shape index (κ1) is 36.0. The van der Waals surface area contributed by atoms with E-state index in [9.17, 15) is 28.8 Å². The highest BCUT2D eigenvalue weighted by Crippen LogP contribution is 2.18. The van der Waals surface area contributed by atoms with Crippen molar-refractivity contribution in [2.24, 2.45) is 17.3 Å². The van der Waals surface area contributed by atoms with Gasteiger partial charge in [-0.1, -0.05) is 71.0 Å². The largest absolute Gasteiger partial charge is 0.445 e. The summed E-state index contributed by atoms with van der Waals surface area (Å²) in [5, 5.41) is 13.5. The maximum Gasteiger partial charge on any atom is 0.408 e. The summed E-state index contributed by atoms with van der Waals surface area (Å²) in [6.45, 7) is 10.6. The second kappa shape index (κ2) is 17.2. The fourth-order valence-electron chi connectivity index (χ4n) is 4.45. The number of nitrogens with one attached hydrogen (secondary N) is 5. The van der Waals surface area contributed by atoms with Gasteiger partial charge < -0.3 is 31.3 Å². The number of ether oxygens (including phenoxy) is 1. The number of amides is 5. The summed E-state index contributed by atoms with van der Waals surface area (Å²) >= 11 is 0. The molecular weight excluding hydrogens is 566 g/mol. The van der Waals surface area contributed by atoms with Crippen LogP contribution in [-0.4, -0.2) is 66.7 Å². The third-order valence-corrected chi connectivity index (χ3v) is 6.90. The van der Waals surface area contributed by atoms with E-state index in [0.717, 1.165) is 5.56 Å². The summed E-state index contributed by atoms with van der Waals surface area (Å²) in [5.41, 5.74) is 0.00915. The van der Waals surface area contributed by atoms with E-state index in [0.29, 0.717) is 19.4 Å². The average molecular weight is 614 g/mol. The molecule has 0 aromatic heterocycles. The van der Waals surface area contributed by atoms with Gasteiger partial charge in [-0.2, -0.15) is 0 Å². The molecule has 1 fully saturated rings. The van der Waals surface area contributed by atoms with Gasteiger partial charge >= 0.3 is 6.09 Å². The van der Waals surface area contributed by atoms with Gasteiger partial charge in [0.1, 0.15) is 18.7 Å². The number of carbonyl (C=O) groups excluding carboxylic acids is 6.